The predicted molar refractivity (Wildman–Crippen MR) is 75.6 cm³/mol. The van der Waals surface area contributed by atoms with Gasteiger partial charge in [-0.25, -0.2) is 0 Å². The normalized spacial score (nSPS) is 10.8. The van der Waals surface area contributed by atoms with E-state index in [0.29, 0.717) is 22.6 Å². The number of benzene rings is 2. The maximum atomic E-state index is 9.97. The molecule has 96 valence electrons. The van der Waals surface area contributed by atoms with Crippen molar-refractivity contribution in [1.82, 2.24) is 4.98 Å². The highest BCUT2D eigenvalue weighted by Gasteiger charge is 2.16. The van der Waals surface area contributed by atoms with E-state index in [4.69, 9.17) is 10.5 Å². The summed E-state index contributed by atoms with van der Waals surface area (Å²) < 4.78 is 5.74. The number of hydrogen-bond donors (Lipinski definition) is 3. The fraction of sp³-hybridized carbons (Fsp3) is 0.0667. The van der Waals surface area contributed by atoms with Crippen LogP contribution in [0.3, 0.4) is 0 Å². The second-order valence-electron chi connectivity index (χ2n) is 4.44. The lowest BCUT2D eigenvalue weighted by Gasteiger charge is -2.07. The maximum Gasteiger partial charge on any atom is 0.233 e. The highest BCUT2D eigenvalue weighted by atomic mass is 16.5. The molecule has 0 saturated heterocycles. The molecule has 0 unspecified atom stereocenters. The number of aromatic hydroxyl groups is 1. The number of aryl methyl sites for hydroxylation is 1. The van der Waals surface area contributed by atoms with Gasteiger partial charge in [0.25, 0.3) is 0 Å². The van der Waals surface area contributed by atoms with Crippen molar-refractivity contribution < 1.29 is 9.84 Å². The van der Waals surface area contributed by atoms with Crippen LogP contribution in [-0.4, -0.2) is 10.1 Å². The minimum absolute atomic E-state index is 0.0175. The number of nitrogens with one attached hydrogen (secondary N) is 1. The summed E-state index contributed by atoms with van der Waals surface area (Å²) in [5.41, 5.74) is 8.39. The first-order valence-electron chi connectivity index (χ1n) is 5.99. The smallest absolute Gasteiger partial charge is 0.233 e. The molecular weight excluding hydrogens is 240 g/mol. The number of anilines is 1. The molecule has 4 N–H and O–H groups in total. The number of nitrogen functional groups attached to an aromatic ring is 1. The van der Waals surface area contributed by atoms with Crippen LogP contribution in [-0.2, 0) is 0 Å². The molecule has 0 atom stereocenters. The number of H-pyrrole nitrogens is 1. The molecule has 1 aromatic heterocycles. The Morgan fingerprint density at radius 2 is 1.84 bits per heavy atom. The average molecular weight is 254 g/mol. The summed E-state index contributed by atoms with van der Waals surface area (Å²) in [5, 5.41) is 10.7. The van der Waals surface area contributed by atoms with Crippen molar-refractivity contribution in [2.45, 2.75) is 6.92 Å². The number of rotatable bonds is 2. The van der Waals surface area contributed by atoms with Crippen LogP contribution < -0.4 is 10.5 Å². The van der Waals surface area contributed by atoms with Gasteiger partial charge in [0.1, 0.15) is 5.75 Å². The molecule has 0 saturated carbocycles. The van der Waals surface area contributed by atoms with Gasteiger partial charge < -0.3 is 20.6 Å². The van der Waals surface area contributed by atoms with Crippen molar-refractivity contribution in [3.05, 3.63) is 48.0 Å². The third-order valence-electron chi connectivity index (χ3n) is 3.12. The molecule has 3 aromatic rings. The minimum Gasteiger partial charge on any atom is -0.492 e. The second kappa shape index (κ2) is 4.24. The van der Waals surface area contributed by atoms with Gasteiger partial charge in [-0.1, -0.05) is 24.3 Å². The SMILES string of the molecule is Cc1ccc2[nH]c(O)c(Oc3ccccc3)c2c1N. The van der Waals surface area contributed by atoms with Crippen molar-refractivity contribution >= 4 is 16.6 Å². The summed E-state index contributed by atoms with van der Waals surface area (Å²) in [6, 6.07) is 13.1. The Kier molecular flexibility index (Phi) is 2.56. The largest absolute Gasteiger partial charge is 0.492 e. The molecular formula is C15H14N2O2. The third-order valence-corrected chi connectivity index (χ3v) is 3.12. The highest BCUT2D eigenvalue weighted by molar-refractivity contribution is 5.99. The first-order valence-corrected chi connectivity index (χ1v) is 5.99. The summed E-state index contributed by atoms with van der Waals surface area (Å²) in [6.07, 6.45) is 0. The van der Waals surface area contributed by atoms with Crippen molar-refractivity contribution in [2.24, 2.45) is 0 Å². The molecule has 2 aromatic carbocycles. The monoisotopic (exact) mass is 254 g/mol. The molecule has 4 heteroatoms. The summed E-state index contributed by atoms with van der Waals surface area (Å²) in [5.74, 6) is 0.998. The number of aromatic nitrogens is 1. The molecule has 0 radical (unpaired) electrons. The standard InChI is InChI=1S/C15H14N2O2/c1-9-7-8-11-12(13(9)16)14(15(18)17-11)19-10-5-3-2-4-6-10/h2-8,17-18H,16H2,1H3. The lowest BCUT2D eigenvalue weighted by atomic mass is 10.1. The number of aromatic amines is 1. The molecule has 0 spiro atoms. The summed E-state index contributed by atoms with van der Waals surface area (Å²) in [7, 11) is 0. The zero-order chi connectivity index (χ0) is 13.4. The molecule has 0 aliphatic rings. The second-order valence-corrected chi connectivity index (χ2v) is 4.44. The number of nitrogens with two attached hydrogens (primary N) is 1. The Bertz CT molecular complexity index is 733. The van der Waals surface area contributed by atoms with Gasteiger partial charge in [0.2, 0.25) is 5.88 Å². The van der Waals surface area contributed by atoms with Gasteiger partial charge in [-0.15, -0.1) is 0 Å². The molecule has 3 rings (SSSR count). The van der Waals surface area contributed by atoms with E-state index in [1.54, 1.807) is 0 Å². The Labute approximate surface area is 110 Å². The van der Waals surface area contributed by atoms with E-state index in [1.165, 1.54) is 0 Å². The molecule has 0 bridgehead atoms. The van der Waals surface area contributed by atoms with Crippen molar-refractivity contribution in [2.75, 3.05) is 5.73 Å². The predicted octanol–water partition coefficient (Wildman–Crippen LogP) is 3.56. The van der Waals surface area contributed by atoms with E-state index in [-0.39, 0.29) is 5.88 Å². The van der Waals surface area contributed by atoms with Crippen LogP contribution in [0.5, 0.6) is 17.4 Å². The number of fused-ring (bicyclic) bond motifs is 1. The zero-order valence-corrected chi connectivity index (χ0v) is 10.5. The van der Waals surface area contributed by atoms with Crippen LogP contribution in [0.2, 0.25) is 0 Å². The maximum absolute atomic E-state index is 9.97. The van der Waals surface area contributed by atoms with Gasteiger partial charge in [0, 0.05) is 5.69 Å². The first kappa shape index (κ1) is 11.5. The Hall–Kier alpha value is -2.62. The van der Waals surface area contributed by atoms with Gasteiger partial charge in [0.15, 0.2) is 5.75 Å². The number of para-hydroxylation sites is 1. The molecule has 1 heterocycles. The first-order chi connectivity index (χ1) is 9.16. The van der Waals surface area contributed by atoms with Crippen LogP contribution in [0.15, 0.2) is 42.5 Å². The molecule has 19 heavy (non-hydrogen) atoms. The lowest BCUT2D eigenvalue weighted by molar-refractivity contribution is 0.405. The van der Waals surface area contributed by atoms with Crippen LogP contribution in [0, 0.1) is 6.92 Å². The van der Waals surface area contributed by atoms with E-state index in [9.17, 15) is 5.11 Å². The minimum atomic E-state index is -0.0175. The molecule has 4 nitrogen and oxygen atoms in total. The van der Waals surface area contributed by atoms with E-state index in [0.717, 1.165) is 11.1 Å². The van der Waals surface area contributed by atoms with Gasteiger partial charge in [-0.2, -0.15) is 0 Å². The fourth-order valence-electron chi connectivity index (χ4n) is 2.08. The van der Waals surface area contributed by atoms with E-state index < -0.39 is 0 Å². The van der Waals surface area contributed by atoms with Crippen molar-refractivity contribution in [3.8, 4) is 17.4 Å². The number of ether oxygens (including phenoxy) is 1. The molecule has 0 amide bonds. The molecule has 0 aliphatic heterocycles. The topological polar surface area (TPSA) is 71.3 Å². The summed E-state index contributed by atoms with van der Waals surface area (Å²) >= 11 is 0. The van der Waals surface area contributed by atoms with E-state index >= 15 is 0 Å². The molecule has 0 aliphatic carbocycles. The van der Waals surface area contributed by atoms with Gasteiger partial charge in [-0.3, -0.25) is 0 Å². The van der Waals surface area contributed by atoms with Crippen LogP contribution in [0.1, 0.15) is 5.56 Å². The third kappa shape index (κ3) is 1.87. The zero-order valence-electron chi connectivity index (χ0n) is 10.5. The van der Waals surface area contributed by atoms with Crippen LogP contribution >= 0.6 is 0 Å². The fourth-order valence-corrected chi connectivity index (χ4v) is 2.08. The highest BCUT2D eigenvalue weighted by Crippen LogP contribution is 2.41. The van der Waals surface area contributed by atoms with Gasteiger partial charge in [-0.05, 0) is 30.7 Å². The quantitative estimate of drug-likeness (QED) is 0.612. The molecule has 0 fully saturated rings. The Balaban J connectivity index is 2.18. The van der Waals surface area contributed by atoms with Crippen LogP contribution in [0.25, 0.3) is 10.9 Å². The van der Waals surface area contributed by atoms with Crippen LogP contribution in [0.4, 0.5) is 5.69 Å². The lowest BCUT2D eigenvalue weighted by Crippen LogP contribution is -1.91. The Morgan fingerprint density at radius 1 is 1.11 bits per heavy atom. The van der Waals surface area contributed by atoms with Crippen molar-refractivity contribution in [3.63, 3.8) is 0 Å². The van der Waals surface area contributed by atoms with E-state index in [2.05, 4.69) is 4.98 Å². The summed E-state index contributed by atoms with van der Waals surface area (Å²) in [4.78, 5) is 2.87. The Morgan fingerprint density at radius 3 is 2.58 bits per heavy atom. The van der Waals surface area contributed by atoms with Crippen molar-refractivity contribution in [1.29, 1.82) is 0 Å². The van der Waals surface area contributed by atoms with E-state index in [1.807, 2.05) is 49.4 Å². The number of hydrogen-bond acceptors (Lipinski definition) is 3. The average Bonchev–Trinajstić information content (AvgIpc) is 2.73. The van der Waals surface area contributed by atoms with Gasteiger partial charge >= 0.3 is 0 Å². The summed E-state index contributed by atoms with van der Waals surface area (Å²) in [6.45, 7) is 1.92. The van der Waals surface area contributed by atoms with Gasteiger partial charge in [0.05, 0.1) is 10.9 Å².